The van der Waals surface area contributed by atoms with Crippen LogP contribution in [0.2, 0.25) is 0 Å². The van der Waals surface area contributed by atoms with Gasteiger partial charge in [-0.1, -0.05) is 85.7 Å². The third kappa shape index (κ3) is 10.6. The van der Waals surface area contributed by atoms with Crippen molar-refractivity contribution in [2.75, 3.05) is 19.8 Å². The van der Waals surface area contributed by atoms with E-state index in [-0.39, 0.29) is 49.9 Å². The fraction of sp³-hybridized carbons (Fsp3) is 0.514. The molecule has 3 unspecified atom stereocenters. The van der Waals surface area contributed by atoms with Gasteiger partial charge in [0, 0.05) is 6.42 Å². The summed E-state index contributed by atoms with van der Waals surface area (Å²) >= 11 is 0. The number of hydrogen-bond donors (Lipinski definition) is 3. The van der Waals surface area contributed by atoms with E-state index in [4.69, 9.17) is 9.47 Å². The van der Waals surface area contributed by atoms with Gasteiger partial charge in [-0.3, -0.25) is 14.4 Å². The van der Waals surface area contributed by atoms with Gasteiger partial charge in [0.1, 0.15) is 6.61 Å². The molecule has 4 rings (SSSR count). The fourth-order valence-corrected chi connectivity index (χ4v) is 5.93. The highest BCUT2D eigenvalue weighted by Crippen LogP contribution is 2.29. The van der Waals surface area contributed by atoms with Gasteiger partial charge in [0.25, 0.3) is 0 Å². The predicted molar refractivity (Wildman–Crippen MR) is 165 cm³/mol. The van der Waals surface area contributed by atoms with Crippen LogP contribution >= 0.6 is 0 Å². The lowest BCUT2D eigenvalue weighted by molar-refractivity contribution is -0.151. The maximum Gasteiger partial charge on any atom is 0.309 e. The van der Waals surface area contributed by atoms with Crippen LogP contribution in [0, 0.1) is 11.8 Å². The minimum atomic E-state index is -0.602. The molecule has 232 valence electrons. The predicted octanol–water partition coefficient (Wildman–Crippen LogP) is 4.65. The number of rotatable bonds is 10. The first-order valence-corrected chi connectivity index (χ1v) is 15.7. The van der Waals surface area contributed by atoms with E-state index < -0.39 is 17.5 Å². The van der Waals surface area contributed by atoms with Gasteiger partial charge >= 0.3 is 5.97 Å². The Bertz CT molecular complexity index is 1180. The van der Waals surface area contributed by atoms with Crippen LogP contribution in [0.25, 0.3) is 0 Å². The Hall–Kier alpha value is -3.49. The van der Waals surface area contributed by atoms with Crippen molar-refractivity contribution in [2.24, 2.45) is 11.8 Å². The number of cyclic esters (lactones) is 1. The van der Waals surface area contributed by atoms with E-state index >= 15 is 0 Å². The van der Waals surface area contributed by atoms with Crippen molar-refractivity contribution in [1.29, 1.82) is 0 Å². The molecule has 43 heavy (non-hydrogen) atoms. The molecule has 2 amide bonds. The molecule has 3 atom stereocenters. The smallest absolute Gasteiger partial charge is 0.309 e. The quantitative estimate of drug-likeness (QED) is 0.274. The maximum absolute atomic E-state index is 13.6. The van der Waals surface area contributed by atoms with E-state index in [2.05, 4.69) is 10.6 Å². The van der Waals surface area contributed by atoms with Gasteiger partial charge < -0.3 is 25.2 Å². The molecule has 2 aromatic rings. The molecule has 3 N–H and O–H groups in total. The number of carbonyl (C=O) groups excluding carboxylic acids is 3. The molecule has 8 heteroatoms. The van der Waals surface area contributed by atoms with Gasteiger partial charge in [0.2, 0.25) is 11.8 Å². The van der Waals surface area contributed by atoms with Gasteiger partial charge in [-0.2, -0.15) is 0 Å². The Morgan fingerprint density at radius 1 is 0.953 bits per heavy atom. The molecular weight excluding hydrogens is 544 g/mol. The average molecular weight is 591 g/mol. The molecule has 1 saturated carbocycles. The van der Waals surface area contributed by atoms with Crippen molar-refractivity contribution in [3.8, 4) is 0 Å². The van der Waals surface area contributed by atoms with Gasteiger partial charge in [0.15, 0.2) is 0 Å². The second kappa shape index (κ2) is 17.0. The summed E-state index contributed by atoms with van der Waals surface area (Å²) in [6.07, 6.45) is 10.7. The first-order valence-electron chi connectivity index (χ1n) is 15.7. The molecule has 0 bridgehead atoms. The van der Waals surface area contributed by atoms with Crippen LogP contribution < -0.4 is 10.6 Å². The number of hydrogen-bond acceptors (Lipinski definition) is 6. The number of nitrogens with one attached hydrogen (secondary N) is 2. The van der Waals surface area contributed by atoms with E-state index in [9.17, 15) is 19.5 Å². The number of aliphatic hydroxyl groups is 1. The zero-order valence-corrected chi connectivity index (χ0v) is 25.0. The molecule has 0 radical (unpaired) electrons. The van der Waals surface area contributed by atoms with Gasteiger partial charge in [0.05, 0.1) is 43.2 Å². The molecule has 2 aromatic carbocycles. The molecule has 0 aromatic heterocycles. The SMILES string of the molecule is O=C(CC1CC=CCCCC(Cc2ccccc2)C(=O)OCC(COCc2ccccc2)NC1=O)NC1(CO)CCCC1. The Morgan fingerprint density at radius 3 is 2.35 bits per heavy atom. The molecule has 2 aliphatic rings. The van der Waals surface area contributed by atoms with Crippen molar-refractivity contribution >= 4 is 17.8 Å². The van der Waals surface area contributed by atoms with Gasteiger partial charge in [-0.15, -0.1) is 0 Å². The summed E-state index contributed by atoms with van der Waals surface area (Å²) < 4.78 is 11.7. The zero-order chi connectivity index (χ0) is 30.3. The number of benzene rings is 2. The molecule has 0 saturated heterocycles. The van der Waals surface area contributed by atoms with Gasteiger partial charge in [-0.05, 0) is 56.1 Å². The van der Waals surface area contributed by atoms with Crippen molar-refractivity contribution in [3.63, 3.8) is 0 Å². The lowest BCUT2D eigenvalue weighted by Gasteiger charge is -2.29. The normalized spacial score (nSPS) is 23.1. The highest BCUT2D eigenvalue weighted by Gasteiger charge is 2.35. The molecule has 1 aliphatic heterocycles. The Kier molecular flexibility index (Phi) is 12.8. The molecule has 1 fully saturated rings. The summed E-state index contributed by atoms with van der Waals surface area (Å²) in [6, 6.07) is 19.1. The van der Waals surface area contributed by atoms with Crippen molar-refractivity contribution in [2.45, 2.75) is 82.4 Å². The third-order valence-electron chi connectivity index (χ3n) is 8.44. The second-order valence-electron chi connectivity index (χ2n) is 12.0. The number of esters is 1. The van der Waals surface area contributed by atoms with Crippen LogP contribution in [0.3, 0.4) is 0 Å². The fourth-order valence-electron chi connectivity index (χ4n) is 5.93. The summed E-state index contributed by atoms with van der Waals surface area (Å²) in [6.45, 7) is 0.384. The standard InChI is InChI=1S/C35H46N2O6/c38-26-35(19-11-12-20-35)37-32(39)22-29-17-9-1-2-10-18-30(21-27-13-5-3-6-14-27)34(41)43-25-31(36-33(29)40)24-42-23-28-15-7-4-8-16-28/h1,3-9,13-16,29-31,38H,2,10-12,17-26H2,(H,36,40)(H,37,39). The lowest BCUT2D eigenvalue weighted by Crippen LogP contribution is -2.51. The Labute approximate surface area is 255 Å². The number of carbonyl (C=O) groups is 3. The molecule has 8 nitrogen and oxygen atoms in total. The first-order chi connectivity index (χ1) is 21.0. The molecular formula is C35H46N2O6. The minimum Gasteiger partial charge on any atom is -0.463 e. The van der Waals surface area contributed by atoms with Crippen LogP contribution in [-0.2, 0) is 36.9 Å². The van der Waals surface area contributed by atoms with Crippen LogP contribution in [-0.4, -0.2) is 54.3 Å². The van der Waals surface area contributed by atoms with E-state index in [0.29, 0.717) is 25.9 Å². The number of allylic oxidation sites excluding steroid dienone is 2. The van der Waals surface area contributed by atoms with Gasteiger partial charge in [-0.25, -0.2) is 0 Å². The van der Waals surface area contributed by atoms with Crippen LogP contribution in [0.4, 0.5) is 0 Å². The van der Waals surface area contributed by atoms with Crippen molar-refractivity contribution in [3.05, 3.63) is 83.9 Å². The largest absolute Gasteiger partial charge is 0.463 e. The lowest BCUT2D eigenvalue weighted by atomic mass is 9.93. The highest BCUT2D eigenvalue weighted by atomic mass is 16.5. The number of amides is 2. The maximum atomic E-state index is 13.6. The van der Waals surface area contributed by atoms with E-state index in [1.165, 1.54) is 0 Å². The zero-order valence-electron chi connectivity index (χ0n) is 25.0. The molecule has 1 heterocycles. The van der Waals surface area contributed by atoms with Crippen molar-refractivity contribution < 1.29 is 29.0 Å². The van der Waals surface area contributed by atoms with Crippen LogP contribution in [0.1, 0.15) is 68.9 Å². The number of ether oxygens (including phenoxy) is 2. The monoisotopic (exact) mass is 590 g/mol. The first kappa shape index (κ1) is 32.4. The van der Waals surface area contributed by atoms with Crippen LogP contribution in [0.5, 0.6) is 0 Å². The highest BCUT2D eigenvalue weighted by molar-refractivity contribution is 5.86. The van der Waals surface area contributed by atoms with Crippen molar-refractivity contribution in [1.82, 2.24) is 10.6 Å². The van der Waals surface area contributed by atoms with E-state index in [0.717, 1.165) is 49.7 Å². The summed E-state index contributed by atoms with van der Waals surface area (Å²) in [5.41, 5.74) is 1.49. The Morgan fingerprint density at radius 2 is 1.65 bits per heavy atom. The average Bonchev–Trinajstić information content (AvgIpc) is 3.49. The number of aliphatic hydroxyl groups excluding tert-OH is 1. The second-order valence-corrected chi connectivity index (χ2v) is 12.0. The summed E-state index contributed by atoms with van der Waals surface area (Å²) in [7, 11) is 0. The van der Waals surface area contributed by atoms with Crippen LogP contribution in [0.15, 0.2) is 72.8 Å². The summed E-state index contributed by atoms with van der Waals surface area (Å²) in [5.74, 6) is -1.70. The van der Waals surface area contributed by atoms with E-state index in [1.807, 2.05) is 72.8 Å². The molecule has 0 spiro atoms. The summed E-state index contributed by atoms with van der Waals surface area (Å²) in [5, 5.41) is 16.0. The Balaban J connectivity index is 1.45. The third-order valence-corrected chi connectivity index (χ3v) is 8.44. The van der Waals surface area contributed by atoms with E-state index in [1.54, 1.807) is 0 Å². The minimum absolute atomic E-state index is 0.00839. The topological polar surface area (TPSA) is 114 Å². The molecule has 1 aliphatic carbocycles. The summed E-state index contributed by atoms with van der Waals surface area (Å²) in [4.78, 5) is 39.9.